The molecule has 0 saturated heterocycles. The van der Waals surface area contributed by atoms with E-state index in [9.17, 15) is 9.59 Å². The number of ketones is 1. The van der Waals surface area contributed by atoms with Crippen molar-refractivity contribution in [3.63, 3.8) is 0 Å². The zero-order chi connectivity index (χ0) is 11.5. The topological polar surface area (TPSA) is 67.3 Å². The minimum Gasteiger partial charge on any atom is -0.481 e. The molecule has 1 aliphatic rings. The smallest absolute Gasteiger partial charge is 0.307 e. The highest BCUT2D eigenvalue weighted by molar-refractivity contribution is 5.83. The highest BCUT2D eigenvalue weighted by Gasteiger charge is 2.35. The number of nitrogens with zero attached hydrogens (tertiary/aromatic N) is 1. The van der Waals surface area contributed by atoms with Crippen LogP contribution >= 0.6 is 0 Å². The van der Waals surface area contributed by atoms with Crippen molar-refractivity contribution >= 4 is 11.8 Å². The molecule has 16 heavy (non-hydrogen) atoms. The van der Waals surface area contributed by atoms with Gasteiger partial charge in [0.1, 0.15) is 5.78 Å². The number of Topliss-reactive ketones (excluding diaryl/α,β-unsaturated/α-hetero) is 1. The molecule has 4 nitrogen and oxygen atoms in total. The second-order valence-corrected chi connectivity index (χ2v) is 4.11. The van der Waals surface area contributed by atoms with Crippen LogP contribution in [0.3, 0.4) is 0 Å². The fourth-order valence-corrected chi connectivity index (χ4v) is 2.26. The fraction of sp³-hybridized carbons (Fsp3) is 0.417. The lowest BCUT2D eigenvalue weighted by Gasteiger charge is -2.27. The Morgan fingerprint density at radius 1 is 1.38 bits per heavy atom. The van der Waals surface area contributed by atoms with Crippen LogP contribution in [0.1, 0.15) is 30.7 Å². The Morgan fingerprint density at radius 3 is 2.69 bits per heavy atom. The van der Waals surface area contributed by atoms with Gasteiger partial charge in [0.15, 0.2) is 0 Å². The maximum absolute atomic E-state index is 11.4. The van der Waals surface area contributed by atoms with Gasteiger partial charge in [0.2, 0.25) is 0 Å². The van der Waals surface area contributed by atoms with Crippen molar-refractivity contribution in [2.45, 2.75) is 25.2 Å². The molecule has 0 aromatic carbocycles. The standard InChI is InChI=1S/C12H13NO3/c14-9-1-2-10(12(15)16)11(7-9)8-3-5-13-6-4-8/h3-6,10-11H,1-2,7H2,(H,15,16). The Labute approximate surface area is 93.3 Å². The Hall–Kier alpha value is -1.71. The molecular weight excluding hydrogens is 206 g/mol. The van der Waals surface area contributed by atoms with Crippen LogP contribution in [0.25, 0.3) is 0 Å². The first-order valence-corrected chi connectivity index (χ1v) is 5.33. The first kappa shape index (κ1) is 10.8. The SMILES string of the molecule is O=C1CCC(C(=O)O)C(c2ccncc2)C1. The lowest BCUT2D eigenvalue weighted by Crippen LogP contribution is -2.29. The van der Waals surface area contributed by atoms with E-state index in [1.807, 2.05) is 0 Å². The van der Waals surface area contributed by atoms with Gasteiger partial charge in [0.05, 0.1) is 5.92 Å². The van der Waals surface area contributed by atoms with Crippen molar-refractivity contribution in [3.05, 3.63) is 30.1 Å². The third kappa shape index (κ3) is 2.10. The molecule has 1 aromatic heterocycles. The molecular formula is C12H13NO3. The molecule has 0 amide bonds. The van der Waals surface area contributed by atoms with Crippen LogP contribution < -0.4 is 0 Å². The average molecular weight is 219 g/mol. The molecule has 0 radical (unpaired) electrons. The van der Waals surface area contributed by atoms with E-state index in [0.717, 1.165) is 5.56 Å². The van der Waals surface area contributed by atoms with E-state index in [2.05, 4.69) is 4.98 Å². The third-order valence-corrected chi connectivity index (χ3v) is 3.12. The Morgan fingerprint density at radius 2 is 2.06 bits per heavy atom. The summed E-state index contributed by atoms with van der Waals surface area (Å²) in [5, 5.41) is 9.13. The maximum atomic E-state index is 11.4. The number of hydrogen-bond donors (Lipinski definition) is 1. The lowest BCUT2D eigenvalue weighted by molar-refractivity contribution is -0.144. The maximum Gasteiger partial charge on any atom is 0.307 e. The average Bonchev–Trinajstić information content (AvgIpc) is 2.29. The first-order valence-electron chi connectivity index (χ1n) is 5.33. The molecule has 84 valence electrons. The van der Waals surface area contributed by atoms with Crippen molar-refractivity contribution in [2.24, 2.45) is 5.92 Å². The Bertz CT molecular complexity index is 402. The zero-order valence-electron chi connectivity index (χ0n) is 8.80. The van der Waals surface area contributed by atoms with Crippen molar-refractivity contribution in [1.82, 2.24) is 4.98 Å². The molecule has 1 aromatic rings. The summed E-state index contributed by atoms with van der Waals surface area (Å²) in [5.74, 6) is -1.30. The summed E-state index contributed by atoms with van der Waals surface area (Å²) in [4.78, 5) is 26.4. The van der Waals surface area contributed by atoms with E-state index >= 15 is 0 Å². The van der Waals surface area contributed by atoms with Crippen LogP contribution in [0.4, 0.5) is 0 Å². The number of pyridine rings is 1. The van der Waals surface area contributed by atoms with Gasteiger partial charge in [-0.3, -0.25) is 14.6 Å². The molecule has 0 spiro atoms. The summed E-state index contributed by atoms with van der Waals surface area (Å²) in [6.07, 6.45) is 4.43. The molecule has 1 fully saturated rings. The molecule has 1 N–H and O–H groups in total. The number of rotatable bonds is 2. The Kier molecular flexibility index (Phi) is 2.99. The summed E-state index contributed by atoms with van der Waals surface area (Å²) in [5.41, 5.74) is 0.899. The molecule has 4 heteroatoms. The van der Waals surface area contributed by atoms with E-state index in [0.29, 0.717) is 19.3 Å². The van der Waals surface area contributed by atoms with Gasteiger partial charge in [-0.15, -0.1) is 0 Å². The van der Waals surface area contributed by atoms with Gasteiger partial charge in [-0.05, 0) is 24.1 Å². The summed E-state index contributed by atoms with van der Waals surface area (Å²) in [6, 6.07) is 3.58. The van der Waals surface area contributed by atoms with Gasteiger partial charge >= 0.3 is 5.97 Å². The highest BCUT2D eigenvalue weighted by atomic mass is 16.4. The predicted octanol–water partition coefficient (Wildman–Crippen LogP) is 1.62. The quantitative estimate of drug-likeness (QED) is 0.820. The van der Waals surface area contributed by atoms with Crippen LogP contribution in [0, 0.1) is 5.92 Å². The molecule has 1 saturated carbocycles. The van der Waals surface area contributed by atoms with Gasteiger partial charge in [-0.2, -0.15) is 0 Å². The van der Waals surface area contributed by atoms with E-state index in [1.54, 1.807) is 24.5 Å². The van der Waals surface area contributed by atoms with Crippen LogP contribution in [0.2, 0.25) is 0 Å². The molecule has 1 heterocycles. The van der Waals surface area contributed by atoms with Gasteiger partial charge < -0.3 is 5.11 Å². The lowest BCUT2D eigenvalue weighted by atomic mass is 9.75. The van der Waals surface area contributed by atoms with Crippen molar-refractivity contribution in [1.29, 1.82) is 0 Å². The van der Waals surface area contributed by atoms with E-state index in [-0.39, 0.29) is 11.7 Å². The van der Waals surface area contributed by atoms with Gasteiger partial charge in [-0.25, -0.2) is 0 Å². The monoisotopic (exact) mass is 219 g/mol. The number of aromatic nitrogens is 1. The molecule has 0 aliphatic heterocycles. The zero-order valence-corrected chi connectivity index (χ0v) is 8.80. The largest absolute Gasteiger partial charge is 0.481 e. The molecule has 1 aliphatic carbocycles. The van der Waals surface area contributed by atoms with Crippen molar-refractivity contribution in [3.8, 4) is 0 Å². The number of carbonyl (C=O) groups excluding carboxylic acids is 1. The second kappa shape index (κ2) is 4.43. The van der Waals surface area contributed by atoms with Crippen molar-refractivity contribution in [2.75, 3.05) is 0 Å². The predicted molar refractivity (Wildman–Crippen MR) is 57.0 cm³/mol. The van der Waals surface area contributed by atoms with Crippen LogP contribution in [0.5, 0.6) is 0 Å². The van der Waals surface area contributed by atoms with E-state index < -0.39 is 11.9 Å². The molecule has 0 bridgehead atoms. The summed E-state index contributed by atoms with van der Waals surface area (Å²) in [7, 11) is 0. The molecule has 2 atom stereocenters. The normalized spacial score (nSPS) is 25.4. The van der Waals surface area contributed by atoms with E-state index in [4.69, 9.17) is 5.11 Å². The highest BCUT2D eigenvalue weighted by Crippen LogP contribution is 2.36. The Balaban J connectivity index is 2.27. The van der Waals surface area contributed by atoms with Crippen LogP contribution in [0.15, 0.2) is 24.5 Å². The minimum absolute atomic E-state index is 0.152. The summed E-state index contributed by atoms with van der Waals surface area (Å²) in [6.45, 7) is 0. The number of aliphatic carboxylic acids is 1. The van der Waals surface area contributed by atoms with Crippen LogP contribution in [-0.4, -0.2) is 21.8 Å². The number of carboxylic acid groups (broad SMARTS) is 1. The van der Waals surface area contributed by atoms with Gasteiger partial charge in [0, 0.05) is 31.2 Å². The molecule has 2 unspecified atom stereocenters. The third-order valence-electron chi connectivity index (χ3n) is 3.12. The minimum atomic E-state index is -0.811. The van der Waals surface area contributed by atoms with E-state index in [1.165, 1.54) is 0 Å². The number of hydrogen-bond acceptors (Lipinski definition) is 3. The fourth-order valence-electron chi connectivity index (χ4n) is 2.26. The summed E-state index contributed by atoms with van der Waals surface area (Å²) >= 11 is 0. The van der Waals surface area contributed by atoms with Crippen LogP contribution in [-0.2, 0) is 9.59 Å². The van der Waals surface area contributed by atoms with Gasteiger partial charge in [0.25, 0.3) is 0 Å². The molecule has 2 rings (SSSR count). The second-order valence-electron chi connectivity index (χ2n) is 4.11. The first-order chi connectivity index (χ1) is 7.68. The van der Waals surface area contributed by atoms with Crippen molar-refractivity contribution < 1.29 is 14.7 Å². The number of carboxylic acids is 1. The van der Waals surface area contributed by atoms with Gasteiger partial charge in [-0.1, -0.05) is 0 Å². The number of carbonyl (C=O) groups is 2. The summed E-state index contributed by atoms with van der Waals surface area (Å²) < 4.78 is 0.